The predicted octanol–water partition coefficient (Wildman–Crippen LogP) is 3.35. The van der Waals surface area contributed by atoms with E-state index in [4.69, 9.17) is 5.73 Å². The first-order chi connectivity index (χ1) is 9.13. The van der Waals surface area contributed by atoms with Crippen LogP contribution in [-0.4, -0.2) is 29.4 Å². The van der Waals surface area contributed by atoms with Gasteiger partial charge in [0.1, 0.15) is 0 Å². The standard InChI is InChI=1S/C16H30N2O.ClH/c1-3-6-15-12(2)7-5-10-18(15)16(19)11-13-8-4-9-14(13)17;/h12-15H,3-11,17H2,1-2H3;1H/t12?,13-,14+,15?;/m0./s1. The van der Waals surface area contributed by atoms with Gasteiger partial charge in [-0.3, -0.25) is 4.79 Å². The Morgan fingerprint density at radius 1 is 1.25 bits per heavy atom. The SMILES string of the molecule is CCCC1C(C)CCCN1C(=O)C[C@@H]1CCC[C@H]1N.Cl. The molecule has 1 saturated heterocycles. The van der Waals surface area contributed by atoms with E-state index in [0.29, 0.717) is 30.2 Å². The van der Waals surface area contributed by atoms with Crippen LogP contribution in [0.2, 0.25) is 0 Å². The number of halogens is 1. The molecule has 2 N–H and O–H groups in total. The molecule has 0 spiro atoms. The van der Waals surface area contributed by atoms with E-state index in [0.717, 1.165) is 25.8 Å². The topological polar surface area (TPSA) is 46.3 Å². The Morgan fingerprint density at radius 2 is 2.00 bits per heavy atom. The third kappa shape index (κ3) is 4.11. The van der Waals surface area contributed by atoms with E-state index in [9.17, 15) is 4.79 Å². The Kier molecular flexibility index (Phi) is 7.32. The van der Waals surface area contributed by atoms with Gasteiger partial charge in [-0.2, -0.15) is 0 Å². The van der Waals surface area contributed by atoms with Crippen molar-refractivity contribution in [3.05, 3.63) is 0 Å². The summed E-state index contributed by atoms with van der Waals surface area (Å²) in [7, 11) is 0. The van der Waals surface area contributed by atoms with Crippen LogP contribution in [0.1, 0.15) is 65.2 Å². The van der Waals surface area contributed by atoms with Gasteiger partial charge in [-0.25, -0.2) is 0 Å². The number of carbonyl (C=O) groups is 1. The number of carbonyl (C=O) groups excluding carboxylic acids is 1. The van der Waals surface area contributed by atoms with Crippen LogP contribution in [0.4, 0.5) is 0 Å². The Balaban J connectivity index is 0.00000200. The third-order valence-corrected chi connectivity index (χ3v) is 5.18. The first-order valence-corrected chi connectivity index (χ1v) is 8.18. The molecule has 4 heteroatoms. The largest absolute Gasteiger partial charge is 0.339 e. The van der Waals surface area contributed by atoms with Crippen molar-refractivity contribution >= 4 is 18.3 Å². The maximum Gasteiger partial charge on any atom is 0.223 e. The second-order valence-corrected chi connectivity index (χ2v) is 6.62. The molecule has 1 aliphatic heterocycles. The fourth-order valence-electron chi connectivity index (χ4n) is 3.96. The van der Waals surface area contributed by atoms with E-state index in [1.54, 1.807) is 0 Å². The van der Waals surface area contributed by atoms with Gasteiger partial charge in [0.15, 0.2) is 0 Å². The van der Waals surface area contributed by atoms with Crippen molar-refractivity contribution in [3.63, 3.8) is 0 Å². The van der Waals surface area contributed by atoms with E-state index in [2.05, 4.69) is 18.7 Å². The molecule has 1 saturated carbocycles. The maximum atomic E-state index is 12.6. The lowest BCUT2D eigenvalue weighted by molar-refractivity contribution is -0.137. The molecule has 0 radical (unpaired) electrons. The summed E-state index contributed by atoms with van der Waals surface area (Å²) in [6.45, 7) is 5.49. The van der Waals surface area contributed by atoms with Gasteiger partial charge in [0.2, 0.25) is 5.91 Å². The van der Waals surface area contributed by atoms with Gasteiger partial charge in [-0.1, -0.05) is 26.7 Å². The van der Waals surface area contributed by atoms with Gasteiger partial charge in [0, 0.05) is 25.0 Å². The Bertz CT molecular complexity index is 311. The third-order valence-electron chi connectivity index (χ3n) is 5.18. The molecule has 1 heterocycles. The van der Waals surface area contributed by atoms with Crippen LogP contribution in [0.5, 0.6) is 0 Å². The van der Waals surface area contributed by atoms with E-state index < -0.39 is 0 Å². The molecule has 1 aliphatic carbocycles. The molecule has 118 valence electrons. The van der Waals surface area contributed by atoms with Gasteiger partial charge >= 0.3 is 0 Å². The summed E-state index contributed by atoms with van der Waals surface area (Å²) in [6, 6.07) is 0.736. The molecule has 0 bridgehead atoms. The van der Waals surface area contributed by atoms with Crippen LogP contribution in [0, 0.1) is 11.8 Å². The lowest BCUT2D eigenvalue weighted by Gasteiger charge is -2.40. The lowest BCUT2D eigenvalue weighted by atomic mass is 9.87. The fraction of sp³-hybridized carbons (Fsp3) is 0.938. The van der Waals surface area contributed by atoms with Crippen LogP contribution in [0.3, 0.4) is 0 Å². The molecule has 0 aromatic rings. The molecule has 20 heavy (non-hydrogen) atoms. The normalized spacial score (nSPS) is 33.9. The molecule has 2 fully saturated rings. The molecule has 1 amide bonds. The molecule has 2 aliphatic rings. The second-order valence-electron chi connectivity index (χ2n) is 6.62. The van der Waals surface area contributed by atoms with Crippen LogP contribution < -0.4 is 5.73 Å². The highest BCUT2D eigenvalue weighted by Gasteiger charge is 2.34. The molecule has 0 aromatic heterocycles. The van der Waals surface area contributed by atoms with Crippen molar-refractivity contribution in [2.75, 3.05) is 6.54 Å². The molecular weight excluding hydrogens is 272 g/mol. The summed E-state index contributed by atoms with van der Waals surface area (Å²) in [4.78, 5) is 14.8. The summed E-state index contributed by atoms with van der Waals surface area (Å²) in [5.74, 6) is 1.47. The van der Waals surface area contributed by atoms with Crippen molar-refractivity contribution in [1.82, 2.24) is 4.90 Å². The van der Waals surface area contributed by atoms with Gasteiger partial charge in [-0.15, -0.1) is 12.4 Å². The zero-order valence-electron chi connectivity index (χ0n) is 13.0. The number of hydrogen-bond donors (Lipinski definition) is 1. The highest BCUT2D eigenvalue weighted by molar-refractivity contribution is 5.85. The Labute approximate surface area is 130 Å². The minimum Gasteiger partial charge on any atom is -0.339 e. The number of rotatable bonds is 4. The Morgan fingerprint density at radius 3 is 2.60 bits per heavy atom. The Hall–Kier alpha value is -0.280. The monoisotopic (exact) mass is 302 g/mol. The van der Waals surface area contributed by atoms with Crippen molar-refractivity contribution in [3.8, 4) is 0 Å². The van der Waals surface area contributed by atoms with E-state index in [1.807, 2.05) is 0 Å². The van der Waals surface area contributed by atoms with Crippen LogP contribution in [0.25, 0.3) is 0 Å². The summed E-state index contributed by atoms with van der Waals surface area (Å²) >= 11 is 0. The highest BCUT2D eigenvalue weighted by atomic mass is 35.5. The van der Waals surface area contributed by atoms with E-state index in [-0.39, 0.29) is 18.4 Å². The zero-order valence-corrected chi connectivity index (χ0v) is 13.8. The number of hydrogen-bond acceptors (Lipinski definition) is 2. The summed E-state index contributed by atoms with van der Waals surface area (Å²) in [5.41, 5.74) is 6.11. The quantitative estimate of drug-likeness (QED) is 0.865. The molecule has 2 rings (SSSR count). The average molecular weight is 303 g/mol. The van der Waals surface area contributed by atoms with Crippen molar-refractivity contribution in [2.45, 2.75) is 77.3 Å². The lowest BCUT2D eigenvalue weighted by Crippen LogP contribution is -2.48. The molecule has 0 aromatic carbocycles. The highest BCUT2D eigenvalue weighted by Crippen LogP contribution is 2.31. The van der Waals surface area contributed by atoms with Crippen LogP contribution in [0.15, 0.2) is 0 Å². The molecule has 3 nitrogen and oxygen atoms in total. The number of likely N-dealkylation sites (tertiary alicyclic amines) is 1. The fourth-order valence-corrected chi connectivity index (χ4v) is 3.96. The molecule has 2 unspecified atom stereocenters. The minimum atomic E-state index is 0. The van der Waals surface area contributed by atoms with Crippen LogP contribution >= 0.6 is 12.4 Å². The average Bonchev–Trinajstić information content (AvgIpc) is 2.78. The maximum absolute atomic E-state index is 12.6. The smallest absolute Gasteiger partial charge is 0.223 e. The summed E-state index contributed by atoms with van der Waals surface area (Å²) < 4.78 is 0. The molecule has 4 atom stereocenters. The zero-order chi connectivity index (χ0) is 13.8. The van der Waals surface area contributed by atoms with Crippen molar-refractivity contribution in [1.29, 1.82) is 0 Å². The minimum absolute atomic E-state index is 0. The summed E-state index contributed by atoms with van der Waals surface area (Å²) in [5, 5.41) is 0. The van der Waals surface area contributed by atoms with Gasteiger partial charge in [-0.05, 0) is 43.9 Å². The van der Waals surface area contributed by atoms with E-state index >= 15 is 0 Å². The first-order valence-electron chi connectivity index (χ1n) is 8.18. The first kappa shape index (κ1) is 17.8. The summed E-state index contributed by atoms with van der Waals surface area (Å²) in [6.07, 6.45) is 8.91. The van der Waals surface area contributed by atoms with Gasteiger partial charge in [0.05, 0.1) is 0 Å². The second kappa shape index (κ2) is 8.23. The van der Waals surface area contributed by atoms with Gasteiger partial charge < -0.3 is 10.6 Å². The molecular formula is C16H31ClN2O. The number of piperidine rings is 1. The number of nitrogens with two attached hydrogens (primary N) is 1. The van der Waals surface area contributed by atoms with Gasteiger partial charge in [0.25, 0.3) is 0 Å². The number of nitrogens with zero attached hydrogens (tertiary/aromatic N) is 1. The van der Waals surface area contributed by atoms with E-state index in [1.165, 1.54) is 25.7 Å². The predicted molar refractivity (Wildman–Crippen MR) is 86.0 cm³/mol. The van der Waals surface area contributed by atoms with Crippen molar-refractivity contribution < 1.29 is 4.79 Å². The van der Waals surface area contributed by atoms with Crippen molar-refractivity contribution in [2.24, 2.45) is 17.6 Å². The number of amides is 1. The van der Waals surface area contributed by atoms with Crippen LogP contribution in [-0.2, 0) is 4.79 Å².